The fourth-order valence-electron chi connectivity index (χ4n) is 2.20. The zero-order valence-electron chi connectivity index (χ0n) is 11.0. The van der Waals surface area contributed by atoms with E-state index >= 15 is 0 Å². The van der Waals surface area contributed by atoms with Crippen molar-refractivity contribution in [2.75, 3.05) is 6.54 Å². The van der Waals surface area contributed by atoms with Crippen LogP contribution in [0.15, 0.2) is 18.2 Å². The molecule has 1 unspecified atom stereocenters. The molecule has 1 atom stereocenters. The molecule has 1 aromatic rings. The normalized spacial score (nSPS) is 16.4. The average Bonchev–Trinajstić information content (AvgIpc) is 2.59. The van der Waals surface area contributed by atoms with Crippen LogP contribution in [-0.4, -0.2) is 18.2 Å². The van der Waals surface area contributed by atoms with E-state index < -0.39 is 0 Å². The van der Waals surface area contributed by atoms with Gasteiger partial charge in [-0.3, -0.25) is 9.59 Å². The highest BCUT2D eigenvalue weighted by molar-refractivity contribution is 6.02. The summed E-state index contributed by atoms with van der Waals surface area (Å²) in [7, 11) is 0. The molecule has 0 bridgehead atoms. The standard InChI is InChI=1S/C15H19NO2/c1-3-10(2)14(17)12-7-6-11-5-4-8-16-15(18)13(11)9-12/h6-7,9-10H,3-5,8H2,1-2H3,(H,16,18). The minimum Gasteiger partial charge on any atom is -0.352 e. The number of carbonyl (C=O) groups is 2. The van der Waals surface area contributed by atoms with Crippen molar-refractivity contribution < 1.29 is 9.59 Å². The number of amides is 1. The molecule has 1 N–H and O–H groups in total. The quantitative estimate of drug-likeness (QED) is 0.832. The molecule has 1 aliphatic heterocycles. The molecule has 2 rings (SSSR count). The number of ketones is 1. The van der Waals surface area contributed by atoms with Gasteiger partial charge in [-0.15, -0.1) is 0 Å². The zero-order valence-corrected chi connectivity index (χ0v) is 11.0. The van der Waals surface area contributed by atoms with Crippen LogP contribution < -0.4 is 5.32 Å². The molecule has 1 aliphatic rings. The molecule has 3 nitrogen and oxygen atoms in total. The van der Waals surface area contributed by atoms with Crippen molar-refractivity contribution in [1.82, 2.24) is 5.32 Å². The summed E-state index contributed by atoms with van der Waals surface area (Å²) in [5.74, 6) is 0.0792. The lowest BCUT2D eigenvalue weighted by molar-refractivity contribution is 0.0927. The van der Waals surface area contributed by atoms with E-state index in [4.69, 9.17) is 0 Å². The van der Waals surface area contributed by atoms with Crippen LogP contribution in [0, 0.1) is 5.92 Å². The first-order valence-corrected chi connectivity index (χ1v) is 6.58. The van der Waals surface area contributed by atoms with Crippen LogP contribution in [0.25, 0.3) is 0 Å². The van der Waals surface area contributed by atoms with Crippen molar-refractivity contribution in [3.63, 3.8) is 0 Å². The monoisotopic (exact) mass is 245 g/mol. The van der Waals surface area contributed by atoms with Crippen molar-refractivity contribution in [3.8, 4) is 0 Å². The van der Waals surface area contributed by atoms with E-state index in [0.717, 1.165) is 24.8 Å². The van der Waals surface area contributed by atoms with Crippen LogP contribution in [0.1, 0.15) is 53.0 Å². The summed E-state index contributed by atoms with van der Waals surface area (Å²) in [6, 6.07) is 5.53. The Bertz CT molecular complexity index is 479. The number of hydrogen-bond donors (Lipinski definition) is 1. The molecule has 0 aromatic heterocycles. The Morgan fingerprint density at radius 3 is 2.94 bits per heavy atom. The zero-order chi connectivity index (χ0) is 13.1. The van der Waals surface area contributed by atoms with E-state index in [0.29, 0.717) is 17.7 Å². The summed E-state index contributed by atoms with van der Waals surface area (Å²) >= 11 is 0. The van der Waals surface area contributed by atoms with E-state index in [1.54, 1.807) is 6.07 Å². The van der Waals surface area contributed by atoms with Crippen LogP contribution in [0.3, 0.4) is 0 Å². The van der Waals surface area contributed by atoms with Gasteiger partial charge in [0.25, 0.3) is 5.91 Å². The summed E-state index contributed by atoms with van der Waals surface area (Å²) in [5.41, 5.74) is 2.37. The Labute approximate surface area is 108 Å². The van der Waals surface area contributed by atoms with Gasteiger partial charge in [0, 0.05) is 23.6 Å². The van der Waals surface area contributed by atoms with Gasteiger partial charge in [0.05, 0.1) is 0 Å². The Morgan fingerprint density at radius 1 is 1.44 bits per heavy atom. The van der Waals surface area contributed by atoms with Crippen molar-refractivity contribution >= 4 is 11.7 Å². The Morgan fingerprint density at radius 2 is 2.22 bits per heavy atom. The SMILES string of the molecule is CCC(C)C(=O)c1ccc2c(c1)C(=O)NCCC2. The predicted octanol–water partition coefficient (Wildman–Crippen LogP) is 2.59. The van der Waals surface area contributed by atoms with Crippen LogP contribution in [0.5, 0.6) is 0 Å². The van der Waals surface area contributed by atoms with Gasteiger partial charge in [-0.25, -0.2) is 0 Å². The first-order chi connectivity index (χ1) is 8.63. The van der Waals surface area contributed by atoms with Gasteiger partial charge in [-0.05, 0) is 30.9 Å². The highest BCUT2D eigenvalue weighted by Gasteiger charge is 2.19. The van der Waals surface area contributed by atoms with Crippen LogP contribution in [0.2, 0.25) is 0 Å². The van der Waals surface area contributed by atoms with E-state index in [1.807, 2.05) is 26.0 Å². The van der Waals surface area contributed by atoms with Crippen molar-refractivity contribution in [2.45, 2.75) is 33.1 Å². The lowest BCUT2D eigenvalue weighted by Crippen LogP contribution is -2.23. The van der Waals surface area contributed by atoms with Gasteiger partial charge in [0.15, 0.2) is 5.78 Å². The second kappa shape index (κ2) is 5.34. The van der Waals surface area contributed by atoms with E-state index in [1.165, 1.54) is 0 Å². The molecule has 1 amide bonds. The molecule has 0 aliphatic carbocycles. The molecule has 0 saturated heterocycles. The summed E-state index contributed by atoms with van der Waals surface area (Å²) in [6.07, 6.45) is 2.67. The minimum atomic E-state index is -0.0544. The molecule has 0 fully saturated rings. The first-order valence-electron chi connectivity index (χ1n) is 6.58. The molecule has 0 spiro atoms. The number of hydrogen-bond acceptors (Lipinski definition) is 2. The lowest BCUT2D eigenvalue weighted by atomic mass is 9.93. The largest absolute Gasteiger partial charge is 0.352 e. The second-order valence-electron chi connectivity index (χ2n) is 4.90. The van der Waals surface area contributed by atoms with E-state index in [9.17, 15) is 9.59 Å². The van der Waals surface area contributed by atoms with E-state index in [-0.39, 0.29) is 17.6 Å². The number of aryl methyl sites for hydroxylation is 1. The van der Waals surface area contributed by atoms with Gasteiger partial charge in [0.1, 0.15) is 0 Å². The first kappa shape index (κ1) is 12.8. The molecule has 0 radical (unpaired) electrons. The number of rotatable bonds is 3. The van der Waals surface area contributed by atoms with Crippen LogP contribution >= 0.6 is 0 Å². The number of benzene rings is 1. The maximum atomic E-state index is 12.1. The summed E-state index contributed by atoms with van der Waals surface area (Å²) in [4.78, 5) is 24.0. The third-order valence-electron chi connectivity index (χ3n) is 3.61. The van der Waals surface area contributed by atoms with Gasteiger partial charge in [0.2, 0.25) is 0 Å². The molecular formula is C15H19NO2. The fourth-order valence-corrected chi connectivity index (χ4v) is 2.20. The molecule has 96 valence electrons. The summed E-state index contributed by atoms with van der Waals surface area (Å²) in [6.45, 7) is 4.63. The smallest absolute Gasteiger partial charge is 0.251 e. The van der Waals surface area contributed by atoms with Gasteiger partial charge in [-0.2, -0.15) is 0 Å². The highest BCUT2D eigenvalue weighted by Crippen LogP contribution is 2.19. The summed E-state index contributed by atoms with van der Waals surface area (Å²) < 4.78 is 0. The maximum absolute atomic E-state index is 12.1. The Balaban J connectivity index is 2.36. The molecular weight excluding hydrogens is 226 g/mol. The van der Waals surface area contributed by atoms with Gasteiger partial charge >= 0.3 is 0 Å². The van der Waals surface area contributed by atoms with Gasteiger partial charge < -0.3 is 5.32 Å². The topological polar surface area (TPSA) is 46.2 Å². The molecule has 18 heavy (non-hydrogen) atoms. The van der Waals surface area contributed by atoms with Crippen molar-refractivity contribution in [3.05, 3.63) is 34.9 Å². The fraction of sp³-hybridized carbons (Fsp3) is 0.467. The predicted molar refractivity (Wildman–Crippen MR) is 70.9 cm³/mol. The minimum absolute atomic E-state index is 0.0110. The highest BCUT2D eigenvalue weighted by atomic mass is 16.1. The maximum Gasteiger partial charge on any atom is 0.251 e. The molecule has 3 heteroatoms. The number of fused-ring (bicyclic) bond motifs is 1. The Kier molecular flexibility index (Phi) is 3.80. The lowest BCUT2D eigenvalue weighted by Gasteiger charge is -2.10. The van der Waals surface area contributed by atoms with Crippen molar-refractivity contribution in [1.29, 1.82) is 0 Å². The van der Waals surface area contributed by atoms with Crippen molar-refractivity contribution in [2.24, 2.45) is 5.92 Å². The number of nitrogens with one attached hydrogen (secondary N) is 1. The van der Waals surface area contributed by atoms with Gasteiger partial charge in [-0.1, -0.05) is 26.0 Å². The average molecular weight is 245 g/mol. The Hall–Kier alpha value is -1.64. The summed E-state index contributed by atoms with van der Waals surface area (Å²) in [5, 5.41) is 2.86. The third kappa shape index (κ3) is 2.45. The van der Waals surface area contributed by atoms with E-state index in [2.05, 4.69) is 5.32 Å². The third-order valence-corrected chi connectivity index (χ3v) is 3.61. The van der Waals surface area contributed by atoms with Crippen LogP contribution in [-0.2, 0) is 6.42 Å². The molecule has 0 saturated carbocycles. The molecule has 1 aromatic carbocycles. The number of Topliss-reactive ketones (excluding diaryl/α,β-unsaturated/α-hetero) is 1. The number of carbonyl (C=O) groups excluding carboxylic acids is 2. The second-order valence-corrected chi connectivity index (χ2v) is 4.90. The molecule has 1 heterocycles. The van der Waals surface area contributed by atoms with Crippen LogP contribution in [0.4, 0.5) is 0 Å².